The largest absolute Gasteiger partial charge is 0.466 e. The number of carbonyl (C=O) groups is 2. The Bertz CT molecular complexity index is 859. The van der Waals surface area contributed by atoms with Gasteiger partial charge in [0.2, 0.25) is 0 Å². The van der Waals surface area contributed by atoms with Gasteiger partial charge in [0.25, 0.3) is 0 Å². The molecule has 3 heterocycles. The predicted molar refractivity (Wildman–Crippen MR) is 102 cm³/mol. The lowest BCUT2D eigenvalue weighted by molar-refractivity contribution is -0.160. The van der Waals surface area contributed by atoms with E-state index in [1.54, 1.807) is 37.1 Å². The zero-order valence-electron chi connectivity index (χ0n) is 15.3. The van der Waals surface area contributed by atoms with E-state index in [9.17, 15) is 9.59 Å². The SMILES string of the molecule is CCOC(=O)C[C@@H]1CSC[C@]1(C(=O)OC(C)C)n1cnc2c(Cl)ncnc21. The van der Waals surface area contributed by atoms with E-state index in [4.69, 9.17) is 21.1 Å². The Morgan fingerprint density at radius 3 is 2.89 bits per heavy atom. The molecule has 0 aliphatic carbocycles. The van der Waals surface area contributed by atoms with Crippen LogP contribution in [0.4, 0.5) is 0 Å². The van der Waals surface area contributed by atoms with Crippen molar-refractivity contribution in [3.63, 3.8) is 0 Å². The summed E-state index contributed by atoms with van der Waals surface area (Å²) >= 11 is 7.71. The molecule has 1 aliphatic heterocycles. The number of rotatable bonds is 6. The first kappa shape index (κ1) is 19.9. The fourth-order valence-corrected chi connectivity index (χ4v) is 5.04. The third-order valence-electron chi connectivity index (χ3n) is 4.45. The first-order valence-electron chi connectivity index (χ1n) is 8.68. The van der Waals surface area contributed by atoms with Crippen LogP contribution in [-0.4, -0.2) is 55.7 Å². The van der Waals surface area contributed by atoms with Crippen molar-refractivity contribution in [2.24, 2.45) is 5.92 Å². The summed E-state index contributed by atoms with van der Waals surface area (Å²) in [5, 5.41) is 0.207. The third kappa shape index (κ3) is 3.62. The van der Waals surface area contributed by atoms with Crippen LogP contribution < -0.4 is 0 Å². The summed E-state index contributed by atoms with van der Waals surface area (Å²) in [4.78, 5) is 37.9. The average Bonchev–Trinajstić information content (AvgIpc) is 3.20. The van der Waals surface area contributed by atoms with Gasteiger partial charge in [0.05, 0.1) is 25.5 Å². The number of nitrogens with zero attached hydrogens (tertiary/aromatic N) is 4. The van der Waals surface area contributed by atoms with E-state index in [2.05, 4.69) is 15.0 Å². The summed E-state index contributed by atoms with van der Waals surface area (Å²) in [5.74, 6) is -0.0196. The molecule has 0 spiro atoms. The summed E-state index contributed by atoms with van der Waals surface area (Å²) in [6.07, 6.45) is 2.66. The van der Waals surface area contributed by atoms with Crippen LogP contribution in [0.15, 0.2) is 12.7 Å². The Morgan fingerprint density at radius 2 is 2.19 bits per heavy atom. The maximum absolute atomic E-state index is 13.2. The number of esters is 2. The summed E-state index contributed by atoms with van der Waals surface area (Å²) in [7, 11) is 0. The summed E-state index contributed by atoms with van der Waals surface area (Å²) in [6, 6.07) is 0. The van der Waals surface area contributed by atoms with Gasteiger partial charge in [-0.05, 0) is 26.5 Å². The number of hydrogen-bond donors (Lipinski definition) is 0. The summed E-state index contributed by atoms with van der Waals surface area (Å²) < 4.78 is 12.4. The molecule has 1 saturated heterocycles. The van der Waals surface area contributed by atoms with E-state index >= 15 is 0 Å². The van der Waals surface area contributed by atoms with E-state index in [-0.39, 0.29) is 29.6 Å². The van der Waals surface area contributed by atoms with E-state index in [0.717, 1.165) is 0 Å². The molecule has 1 fully saturated rings. The number of carbonyl (C=O) groups excluding carboxylic acids is 2. The van der Waals surface area contributed by atoms with Gasteiger partial charge in [-0.15, -0.1) is 0 Å². The van der Waals surface area contributed by atoms with Crippen molar-refractivity contribution in [1.29, 1.82) is 0 Å². The Kier molecular flexibility index (Phi) is 5.90. The molecule has 0 unspecified atom stereocenters. The molecular formula is C17H21ClN4O4S. The van der Waals surface area contributed by atoms with Crippen LogP contribution in [0, 0.1) is 5.92 Å². The molecule has 2 aromatic rings. The predicted octanol–water partition coefficient (Wildman–Crippen LogP) is 2.44. The Morgan fingerprint density at radius 1 is 1.41 bits per heavy atom. The van der Waals surface area contributed by atoms with Gasteiger partial charge < -0.3 is 9.47 Å². The van der Waals surface area contributed by atoms with E-state index < -0.39 is 11.5 Å². The number of fused-ring (bicyclic) bond motifs is 1. The molecule has 0 amide bonds. The quantitative estimate of drug-likeness (QED) is 0.527. The molecule has 10 heteroatoms. The fraction of sp³-hybridized carbons (Fsp3) is 0.588. The normalized spacial score (nSPS) is 22.3. The van der Waals surface area contributed by atoms with Crippen LogP contribution in [0.1, 0.15) is 27.2 Å². The van der Waals surface area contributed by atoms with Crippen molar-refractivity contribution in [3.05, 3.63) is 17.8 Å². The fourth-order valence-electron chi connectivity index (χ4n) is 3.27. The molecule has 0 aromatic carbocycles. The highest BCUT2D eigenvalue weighted by atomic mass is 35.5. The van der Waals surface area contributed by atoms with Crippen molar-refractivity contribution in [1.82, 2.24) is 19.5 Å². The number of ether oxygens (including phenoxy) is 2. The van der Waals surface area contributed by atoms with Gasteiger partial charge in [0.15, 0.2) is 16.3 Å². The van der Waals surface area contributed by atoms with E-state index in [1.807, 2.05) is 0 Å². The first-order chi connectivity index (χ1) is 12.9. The van der Waals surface area contributed by atoms with Crippen molar-refractivity contribution >= 4 is 46.5 Å². The number of halogens is 1. The highest BCUT2D eigenvalue weighted by Crippen LogP contribution is 2.44. The lowest BCUT2D eigenvalue weighted by atomic mass is 9.84. The van der Waals surface area contributed by atoms with Gasteiger partial charge in [-0.3, -0.25) is 9.36 Å². The zero-order valence-corrected chi connectivity index (χ0v) is 16.9. The van der Waals surface area contributed by atoms with Crippen molar-refractivity contribution in [2.45, 2.75) is 38.8 Å². The standard InChI is InChI=1S/C17H21ClN4O4S/c1-4-25-12(23)5-11-6-27-7-17(11,16(24)26-10(2)3)22-9-21-13-14(18)19-8-20-15(13)22/h8-11H,4-7H2,1-3H3/t11-,17+/m1/s1. The highest BCUT2D eigenvalue weighted by molar-refractivity contribution is 7.99. The van der Waals surface area contributed by atoms with Gasteiger partial charge in [-0.25, -0.2) is 19.7 Å². The Hall–Kier alpha value is -1.87. The van der Waals surface area contributed by atoms with Gasteiger partial charge in [0, 0.05) is 11.7 Å². The summed E-state index contributed by atoms with van der Waals surface area (Å²) in [5.41, 5.74) is -0.275. The molecule has 3 rings (SSSR count). The number of imidazole rings is 1. The average molecular weight is 413 g/mol. The second-order valence-corrected chi connectivity index (χ2v) is 7.94. The molecule has 146 valence electrons. The number of thioether (sulfide) groups is 1. The second kappa shape index (κ2) is 8.02. The Balaban J connectivity index is 2.11. The number of aromatic nitrogens is 4. The van der Waals surface area contributed by atoms with Gasteiger partial charge >= 0.3 is 11.9 Å². The maximum atomic E-state index is 13.2. The second-order valence-electron chi connectivity index (χ2n) is 6.55. The van der Waals surface area contributed by atoms with Gasteiger partial charge in [-0.2, -0.15) is 11.8 Å². The van der Waals surface area contributed by atoms with Crippen LogP contribution in [-0.2, 0) is 24.6 Å². The molecule has 0 N–H and O–H groups in total. The first-order valence-corrected chi connectivity index (χ1v) is 10.2. The molecular weight excluding hydrogens is 392 g/mol. The zero-order chi connectivity index (χ0) is 19.6. The Labute approximate surface area is 166 Å². The van der Waals surface area contributed by atoms with Gasteiger partial charge in [-0.1, -0.05) is 11.6 Å². The minimum Gasteiger partial charge on any atom is -0.466 e. The lowest BCUT2D eigenvalue weighted by Gasteiger charge is -2.34. The lowest BCUT2D eigenvalue weighted by Crippen LogP contribution is -2.50. The molecule has 0 bridgehead atoms. The topological polar surface area (TPSA) is 96.2 Å². The van der Waals surface area contributed by atoms with Crippen molar-refractivity contribution in [3.8, 4) is 0 Å². The van der Waals surface area contributed by atoms with Crippen molar-refractivity contribution in [2.75, 3.05) is 18.1 Å². The molecule has 0 saturated carbocycles. The van der Waals surface area contributed by atoms with Gasteiger partial charge in [0.1, 0.15) is 11.8 Å². The molecule has 1 aliphatic rings. The molecule has 8 nitrogen and oxygen atoms in total. The summed E-state index contributed by atoms with van der Waals surface area (Å²) in [6.45, 7) is 5.63. The minimum absolute atomic E-state index is 0.104. The smallest absolute Gasteiger partial charge is 0.333 e. The monoisotopic (exact) mass is 412 g/mol. The van der Waals surface area contributed by atoms with Crippen LogP contribution in [0.5, 0.6) is 0 Å². The molecule has 2 atom stereocenters. The molecule has 27 heavy (non-hydrogen) atoms. The highest BCUT2D eigenvalue weighted by Gasteiger charge is 2.54. The van der Waals surface area contributed by atoms with Crippen LogP contribution in [0.25, 0.3) is 11.2 Å². The van der Waals surface area contributed by atoms with Crippen LogP contribution in [0.3, 0.4) is 0 Å². The van der Waals surface area contributed by atoms with E-state index in [1.165, 1.54) is 12.7 Å². The van der Waals surface area contributed by atoms with Crippen LogP contribution in [0.2, 0.25) is 5.15 Å². The van der Waals surface area contributed by atoms with Crippen LogP contribution >= 0.6 is 23.4 Å². The molecule has 2 aromatic heterocycles. The molecule has 0 radical (unpaired) electrons. The van der Waals surface area contributed by atoms with E-state index in [0.29, 0.717) is 29.3 Å². The maximum Gasteiger partial charge on any atom is 0.333 e. The van der Waals surface area contributed by atoms with Crippen molar-refractivity contribution < 1.29 is 19.1 Å². The minimum atomic E-state index is -1.12. The third-order valence-corrected chi connectivity index (χ3v) is 6.01. The number of hydrogen-bond acceptors (Lipinski definition) is 8.